The molecular weight excluding hydrogens is 429 g/mol. The van der Waals surface area contributed by atoms with Crippen molar-refractivity contribution in [2.45, 2.75) is 39.0 Å². The second kappa shape index (κ2) is 10.9. The summed E-state index contributed by atoms with van der Waals surface area (Å²) in [6.45, 7) is 6.95. The smallest absolute Gasteiger partial charge is 0.191 e. The van der Waals surface area contributed by atoms with Gasteiger partial charge >= 0.3 is 0 Å². The third-order valence-corrected chi connectivity index (χ3v) is 4.76. The Morgan fingerprint density at radius 2 is 1.96 bits per heavy atom. The molecule has 0 aromatic heterocycles. The minimum Gasteiger partial charge on any atom is -0.497 e. The SMILES string of the molecule is CCNC(=NCC1(CO)CC1)NCCC(C)c1ccc(OC)cc1.I. The molecule has 1 atom stereocenters. The number of aliphatic hydroxyl groups is 1. The van der Waals surface area contributed by atoms with E-state index in [9.17, 15) is 5.11 Å². The minimum absolute atomic E-state index is 0. The highest BCUT2D eigenvalue weighted by molar-refractivity contribution is 14.0. The van der Waals surface area contributed by atoms with Gasteiger partial charge in [0.1, 0.15) is 5.75 Å². The van der Waals surface area contributed by atoms with Crippen LogP contribution in [0.25, 0.3) is 0 Å². The summed E-state index contributed by atoms with van der Waals surface area (Å²) < 4.78 is 5.20. The number of benzene rings is 1. The van der Waals surface area contributed by atoms with E-state index >= 15 is 0 Å². The number of guanidine groups is 1. The van der Waals surface area contributed by atoms with Crippen molar-refractivity contribution in [1.29, 1.82) is 0 Å². The first-order chi connectivity index (χ1) is 11.6. The maximum Gasteiger partial charge on any atom is 0.191 e. The molecular formula is C19H32IN3O2. The quantitative estimate of drug-likeness (QED) is 0.301. The van der Waals surface area contributed by atoms with Gasteiger partial charge in [0.05, 0.1) is 20.3 Å². The summed E-state index contributed by atoms with van der Waals surface area (Å²) in [5, 5.41) is 16.1. The summed E-state index contributed by atoms with van der Waals surface area (Å²) in [4.78, 5) is 4.63. The summed E-state index contributed by atoms with van der Waals surface area (Å²) in [5.41, 5.74) is 1.37. The molecule has 142 valence electrons. The molecule has 6 heteroatoms. The number of hydrogen-bond donors (Lipinski definition) is 3. The van der Waals surface area contributed by atoms with Gasteiger partial charge in [-0.3, -0.25) is 4.99 Å². The summed E-state index contributed by atoms with van der Waals surface area (Å²) in [6, 6.07) is 8.27. The second-order valence-corrected chi connectivity index (χ2v) is 6.74. The number of hydrogen-bond acceptors (Lipinski definition) is 3. The van der Waals surface area contributed by atoms with Crippen LogP contribution >= 0.6 is 24.0 Å². The zero-order chi connectivity index (χ0) is 17.4. The van der Waals surface area contributed by atoms with Gasteiger partial charge in [-0.25, -0.2) is 0 Å². The molecule has 1 aliphatic rings. The van der Waals surface area contributed by atoms with Crippen LogP contribution in [0.3, 0.4) is 0 Å². The fraction of sp³-hybridized carbons (Fsp3) is 0.632. The van der Waals surface area contributed by atoms with Gasteiger partial charge in [0.25, 0.3) is 0 Å². The van der Waals surface area contributed by atoms with Crippen molar-refractivity contribution in [2.75, 3.05) is 33.4 Å². The summed E-state index contributed by atoms with van der Waals surface area (Å²) in [7, 11) is 1.69. The molecule has 5 nitrogen and oxygen atoms in total. The number of rotatable bonds is 9. The van der Waals surface area contributed by atoms with E-state index in [1.165, 1.54) is 5.56 Å². The monoisotopic (exact) mass is 461 g/mol. The Labute approximate surface area is 168 Å². The number of nitrogens with one attached hydrogen (secondary N) is 2. The van der Waals surface area contributed by atoms with Crippen LogP contribution in [0.5, 0.6) is 5.75 Å². The van der Waals surface area contributed by atoms with Gasteiger partial charge in [-0.1, -0.05) is 19.1 Å². The average Bonchev–Trinajstić information content (AvgIpc) is 3.40. The molecule has 1 aromatic carbocycles. The Hall–Kier alpha value is -1.02. The number of ether oxygens (including phenoxy) is 1. The predicted octanol–water partition coefficient (Wildman–Crippen LogP) is 3.13. The fourth-order valence-electron chi connectivity index (χ4n) is 2.64. The molecule has 0 aliphatic heterocycles. The van der Waals surface area contributed by atoms with E-state index in [2.05, 4.69) is 41.6 Å². The van der Waals surface area contributed by atoms with Crippen molar-refractivity contribution < 1.29 is 9.84 Å². The largest absolute Gasteiger partial charge is 0.497 e. The Bertz CT molecular complexity index is 530. The van der Waals surface area contributed by atoms with Crippen molar-refractivity contribution in [3.63, 3.8) is 0 Å². The van der Waals surface area contributed by atoms with Crippen LogP contribution in [0, 0.1) is 5.41 Å². The highest BCUT2D eigenvalue weighted by atomic mass is 127. The molecule has 1 aliphatic carbocycles. The van der Waals surface area contributed by atoms with Crippen LogP contribution in [0.4, 0.5) is 0 Å². The highest BCUT2D eigenvalue weighted by Crippen LogP contribution is 2.45. The zero-order valence-electron chi connectivity index (χ0n) is 15.5. The molecule has 0 spiro atoms. The molecule has 0 bridgehead atoms. The van der Waals surface area contributed by atoms with Crippen LogP contribution < -0.4 is 15.4 Å². The van der Waals surface area contributed by atoms with Crippen molar-refractivity contribution in [3.8, 4) is 5.75 Å². The molecule has 1 aromatic rings. The van der Waals surface area contributed by atoms with Crippen LogP contribution in [-0.2, 0) is 0 Å². The van der Waals surface area contributed by atoms with E-state index in [1.807, 2.05) is 12.1 Å². The Morgan fingerprint density at radius 3 is 2.48 bits per heavy atom. The van der Waals surface area contributed by atoms with Crippen molar-refractivity contribution in [1.82, 2.24) is 10.6 Å². The third kappa shape index (κ3) is 7.01. The summed E-state index contributed by atoms with van der Waals surface area (Å²) in [5.74, 6) is 2.21. The summed E-state index contributed by atoms with van der Waals surface area (Å²) in [6.07, 6.45) is 3.20. The molecule has 25 heavy (non-hydrogen) atoms. The van der Waals surface area contributed by atoms with E-state index in [4.69, 9.17) is 4.74 Å². The zero-order valence-corrected chi connectivity index (χ0v) is 17.9. The molecule has 0 heterocycles. The van der Waals surface area contributed by atoms with Gasteiger partial charge < -0.3 is 20.5 Å². The number of aliphatic hydroxyl groups excluding tert-OH is 1. The number of methoxy groups -OCH3 is 1. The van der Waals surface area contributed by atoms with Gasteiger partial charge in [0, 0.05) is 18.5 Å². The number of aliphatic imine (C=N–C) groups is 1. The lowest BCUT2D eigenvalue weighted by Crippen LogP contribution is -2.38. The second-order valence-electron chi connectivity index (χ2n) is 6.74. The molecule has 0 saturated heterocycles. The Kier molecular flexibility index (Phi) is 9.56. The maximum atomic E-state index is 9.39. The Balaban J connectivity index is 0.00000312. The van der Waals surface area contributed by atoms with E-state index in [-0.39, 0.29) is 36.0 Å². The third-order valence-electron chi connectivity index (χ3n) is 4.76. The molecule has 1 saturated carbocycles. The van der Waals surface area contributed by atoms with E-state index in [1.54, 1.807) is 7.11 Å². The minimum atomic E-state index is 0. The normalized spacial score (nSPS) is 16.6. The maximum absolute atomic E-state index is 9.39. The van der Waals surface area contributed by atoms with Gasteiger partial charge in [-0.05, 0) is 49.8 Å². The Morgan fingerprint density at radius 1 is 1.28 bits per heavy atom. The van der Waals surface area contributed by atoms with E-state index in [0.29, 0.717) is 12.5 Å². The van der Waals surface area contributed by atoms with Gasteiger partial charge in [-0.15, -0.1) is 24.0 Å². The highest BCUT2D eigenvalue weighted by Gasteiger charge is 2.41. The number of nitrogens with zero attached hydrogens (tertiary/aromatic N) is 1. The van der Waals surface area contributed by atoms with Crippen LogP contribution in [0.15, 0.2) is 29.3 Å². The molecule has 2 rings (SSSR count). The van der Waals surface area contributed by atoms with Gasteiger partial charge in [-0.2, -0.15) is 0 Å². The van der Waals surface area contributed by atoms with Gasteiger partial charge in [0.15, 0.2) is 5.96 Å². The first kappa shape index (κ1) is 22.0. The summed E-state index contributed by atoms with van der Waals surface area (Å²) >= 11 is 0. The van der Waals surface area contributed by atoms with Crippen molar-refractivity contribution >= 4 is 29.9 Å². The van der Waals surface area contributed by atoms with Crippen molar-refractivity contribution in [3.05, 3.63) is 29.8 Å². The van der Waals surface area contributed by atoms with Crippen molar-refractivity contribution in [2.24, 2.45) is 10.4 Å². The lowest BCUT2D eigenvalue weighted by Gasteiger charge is -2.16. The standard InChI is InChI=1S/C19H31N3O2.HI/c1-4-20-18(22-13-19(14-23)10-11-19)21-12-9-15(2)16-5-7-17(24-3)8-6-16;/h5-8,15,23H,4,9-14H2,1-3H3,(H2,20,21,22);1H. The molecule has 0 radical (unpaired) electrons. The first-order valence-electron chi connectivity index (χ1n) is 8.89. The van der Waals surface area contributed by atoms with E-state index < -0.39 is 0 Å². The molecule has 1 unspecified atom stereocenters. The lowest BCUT2D eigenvalue weighted by atomic mass is 9.98. The number of halogens is 1. The topological polar surface area (TPSA) is 65.9 Å². The molecule has 0 amide bonds. The van der Waals surface area contributed by atoms with Crippen LogP contribution in [0.2, 0.25) is 0 Å². The molecule has 3 N–H and O–H groups in total. The average molecular weight is 461 g/mol. The molecule has 1 fully saturated rings. The van der Waals surface area contributed by atoms with Crippen LogP contribution in [0.1, 0.15) is 44.6 Å². The van der Waals surface area contributed by atoms with Gasteiger partial charge in [0.2, 0.25) is 0 Å². The fourth-order valence-corrected chi connectivity index (χ4v) is 2.64. The van der Waals surface area contributed by atoms with Crippen LogP contribution in [-0.4, -0.2) is 44.4 Å². The van der Waals surface area contributed by atoms with E-state index in [0.717, 1.165) is 44.1 Å². The first-order valence-corrected chi connectivity index (χ1v) is 8.89. The predicted molar refractivity (Wildman–Crippen MR) is 114 cm³/mol. The lowest BCUT2D eigenvalue weighted by molar-refractivity contribution is 0.217.